The van der Waals surface area contributed by atoms with Gasteiger partial charge in [0.15, 0.2) is 5.84 Å². The molecule has 1 aromatic rings. The summed E-state index contributed by atoms with van der Waals surface area (Å²) in [5.74, 6) is -3.24. The molecule has 0 aliphatic heterocycles. The van der Waals surface area contributed by atoms with E-state index in [-0.39, 0.29) is 18.9 Å². The Morgan fingerprint density at radius 1 is 1.62 bits per heavy atom. The number of aryl methyl sites for hydroxylation is 1. The van der Waals surface area contributed by atoms with E-state index in [0.29, 0.717) is 17.7 Å². The van der Waals surface area contributed by atoms with Crippen molar-refractivity contribution in [2.24, 2.45) is 16.1 Å². The summed E-state index contributed by atoms with van der Waals surface area (Å²) in [5.41, 5.74) is 2.04. The number of aliphatic imine (C=N–C) groups is 1. The number of benzene rings is 1. The van der Waals surface area contributed by atoms with Crippen LogP contribution in [0, 0.1) is 12.8 Å². The van der Waals surface area contributed by atoms with E-state index < -0.39 is 11.8 Å². The normalized spacial score (nSPS) is 19.8. The fraction of sp³-hybridized carbons (Fsp3) is 0.357. The lowest BCUT2D eigenvalue weighted by molar-refractivity contribution is -0.105. The lowest BCUT2D eigenvalue weighted by atomic mass is 10.1. The molecule has 0 bridgehead atoms. The molecule has 5 nitrogen and oxygen atoms in total. The average Bonchev–Trinajstić information content (AvgIpc) is 3.05. The number of nitrogens with one attached hydrogen (secondary N) is 1. The van der Waals surface area contributed by atoms with Crippen LogP contribution in [0.4, 0.5) is 14.5 Å². The topological polar surface area (TPSA) is 63.1 Å². The van der Waals surface area contributed by atoms with Gasteiger partial charge in [0.25, 0.3) is 5.92 Å². The third-order valence-corrected chi connectivity index (χ3v) is 3.24. The SMILES string of the molecule is C=N/C(=N\OCC1CC1(F)F)c1ccc(C)c(NC=O)c1. The summed E-state index contributed by atoms with van der Waals surface area (Å²) in [6, 6.07) is 5.16. The molecular formula is C14H15F2N3O2. The van der Waals surface area contributed by atoms with Gasteiger partial charge in [-0.15, -0.1) is 0 Å². The average molecular weight is 295 g/mol. The van der Waals surface area contributed by atoms with Gasteiger partial charge in [-0.25, -0.2) is 13.8 Å². The Bertz CT molecular complexity index is 588. The summed E-state index contributed by atoms with van der Waals surface area (Å²) in [5, 5.41) is 6.28. The van der Waals surface area contributed by atoms with Gasteiger partial charge >= 0.3 is 0 Å². The largest absolute Gasteiger partial charge is 0.393 e. The molecule has 0 aromatic heterocycles. The number of nitrogens with zero attached hydrogens (tertiary/aromatic N) is 2. The van der Waals surface area contributed by atoms with E-state index in [9.17, 15) is 13.6 Å². The molecule has 21 heavy (non-hydrogen) atoms. The highest BCUT2D eigenvalue weighted by atomic mass is 19.3. The fourth-order valence-corrected chi connectivity index (χ4v) is 1.79. The molecule has 2 rings (SSSR count). The first kappa shape index (κ1) is 15.1. The highest BCUT2D eigenvalue weighted by Gasteiger charge is 2.57. The molecule has 0 heterocycles. The molecule has 1 fully saturated rings. The van der Waals surface area contributed by atoms with E-state index in [1.165, 1.54) is 0 Å². The molecular weight excluding hydrogens is 280 g/mol. The molecule has 1 saturated carbocycles. The van der Waals surface area contributed by atoms with Gasteiger partial charge in [0.2, 0.25) is 6.41 Å². The summed E-state index contributed by atoms with van der Waals surface area (Å²) >= 11 is 0. The molecule has 1 unspecified atom stereocenters. The molecule has 112 valence electrons. The van der Waals surface area contributed by atoms with Crippen LogP contribution in [0.15, 0.2) is 28.3 Å². The Morgan fingerprint density at radius 2 is 2.33 bits per heavy atom. The van der Waals surface area contributed by atoms with Gasteiger partial charge < -0.3 is 10.2 Å². The highest BCUT2D eigenvalue weighted by molar-refractivity contribution is 6.02. The molecule has 0 radical (unpaired) electrons. The number of halogens is 2. The minimum absolute atomic E-state index is 0.155. The Kier molecular flexibility index (Phi) is 4.30. The van der Waals surface area contributed by atoms with E-state index >= 15 is 0 Å². The van der Waals surface area contributed by atoms with Gasteiger partial charge in [0.1, 0.15) is 6.61 Å². The number of hydrogen-bond acceptors (Lipinski definition) is 3. The lowest BCUT2D eigenvalue weighted by Gasteiger charge is -2.07. The molecule has 1 atom stereocenters. The van der Waals surface area contributed by atoms with Crippen molar-refractivity contribution in [3.8, 4) is 0 Å². The standard InChI is InChI=1S/C14H15F2N3O2/c1-9-3-4-10(5-12(9)18-8-20)13(17-2)19-21-7-11-6-14(11,15)16/h3-5,8,11H,2,6-7H2,1H3,(H,18,20)/b19-13-. The molecule has 1 aromatic carbocycles. The minimum Gasteiger partial charge on any atom is -0.393 e. The summed E-state index contributed by atoms with van der Waals surface area (Å²) < 4.78 is 25.4. The fourth-order valence-electron chi connectivity index (χ4n) is 1.79. The van der Waals surface area contributed by atoms with Gasteiger partial charge in [-0.1, -0.05) is 17.3 Å². The summed E-state index contributed by atoms with van der Waals surface area (Å²) in [6.07, 6.45) is 0.396. The zero-order valence-electron chi connectivity index (χ0n) is 11.5. The van der Waals surface area contributed by atoms with Crippen molar-refractivity contribution < 1.29 is 18.4 Å². The zero-order valence-corrected chi connectivity index (χ0v) is 11.5. The van der Waals surface area contributed by atoms with E-state index in [1.807, 2.05) is 6.92 Å². The number of hydrogen-bond donors (Lipinski definition) is 1. The molecule has 1 aliphatic rings. The van der Waals surface area contributed by atoms with Crippen molar-refractivity contribution in [1.82, 2.24) is 0 Å². The zero-order chi connectivity index (χ0) is 15.5. The monoisotopic (exact) mass is 295 g/mol. The second kappa shape index (κ2) is 5.99. The molecule has 1 aliphatic carbocycles. The molecule has 1 amide bonds. The van der Waals surface area contributed by atoms with Crippen LogP contribution in [-0.4, -0.2) is 31.5 Å². The van der Waals surface area contributed by atoms with Crippen LogP contribution in [-0.2, 0) is 9.63 Å². The van der Waals surface area contributed by atoms with Crippen LogP contribution >= 0.6 is 0 Å². The second-order valence-electron chi connectivity index (χ2n) is 4.82. The Morgan fingerprint density at radius 3 is 2.90 bits per heavy atom. The number of oxime groups is 1. The van der Waals surface area contributed by atoms with Gasteiger partial charge in [0, 0.05) is 17.7 Å². The van der Waals surface area contributed by atoms with Crippen LogP contribution in [0.25, 0.3) is 0 Å². The molecule has 7 heteroatoms. The maximum atomic E-state index is 12.7. The first-order chi connectivity index (χ1) is 9.97. The van der Waals surface area contributed by atoms with Gasteiger partial charge in [-0.05, 0) is 25.3 Å². The predicted molar refractivity (Wildman–Crippen MR) is 76.0 cm³/mol. The quantitative estimate of drug-likeness (QED) is 0.379. The van der Waals surface area contributed by atoms with Crippen molar-refractivity contribution in [1.29, 1.82) is 0 Å². The van der Waals surface area contributed by atoms with Crippen molar-refractivity contribution in [2.45, 2.75) is 19.3 Å². The van der Waals surface area contributed by atoms with Crippen LogP contribution in [0.3, 0.4) is 0 Å². The summed E-state index contributed by atoms with van der Waals surface area (Å²) in [7, 11) is 0. The van der Waals surface area contributed by atoms with Crippen LogP contribution < -0.4 is 5.32 Å². The van der Waals surface area contributed by atoms with Crippen molar-refractivity contribution in [3.05, 3.63) is 29.3 Å². The van der Waals surface area contributed by atoms with Crippen molar-refractivity contribution >= 4 is 24.7 Å². The van der Waals surface area contributed by atoms with Crippen LogP contribution in [0.1, 0.15) is 17.5 Å². The van der Waals surface area contributed by atoms with Crippen molar-refractivity contribution in [2.75, 3.05) is 11.9 Å². The van der Waals surface area contributed by atoms with E-state index in [4.69, 9.17) is 4.84 Å². The van der Waals surface area contributed by atoms with Crippen molar-refractivity contribution in [3.63, 3.8) is 0 Å². The second-order valence-corrected chi connectivity index (χ2v) is 4.82. The van der Waals surface area contributed by atoms with Crippen LogP contribution in [0.2, 0.25) is 0 Å². The van der Waals surface area contributed by atoms with Gasteiger partial charge in [-0.3, -0.25) is 4.79 Å². The van der Waals surface area contributed by atoms with Gasteiger partial charge in [-0.2, -0.15) is 0 Å². The smallest absolute Gasteiger partial charge is 0.255 e. The maximum Gasteiger partial charge on any atom is 0.255 e. The Labute approximate surface area is 120 Å². The Balaban J connectivity index is 2.07. The lowest BCUT2D eigenvalue weighted by Crippen LogP contribution is -2.04. The minimum atomic E-state index is -2.64. The van der Waals surface area contributed by atoms with E-state index in [2.05, 4.69) is 22.2 Å². The molecule has 1 N–H and O–H groups in total. The Hall–Kier alpha value is -2.31. The third kappa shape index (κ3) is 3.62. The molecule has 0 spiro atoms. The summed E-state index contributed by atoms with van der Waals surface area (Å²) in [6.45, 7) is 5.06. The number of carbonyl (C=O) groups excluding carboxylic acids is 1. The van der Waals surface area contributed by atoms with E-state index in [1.54, 1.807) is 18.2 Å². The number of anilines is 1. The number of amides is 1. The third-order valence-electron chi connectivity index (χ3n) is 3.24. The van der Waals surface area contributed by atoms with E-state index in [0.717, 1.165) is 5.56 Å². The maximum absolute atomic E-state index is 12.7. The first-order valence-corrected chi connectivity index (χ1v) is 6.33. The summed E-state index contributed by atoms with van der Waals surface area (Å²) in [4.78, 5) is 19.1. The highest BCUT2D eigenvalue weighted by Crippen LogP contribution is 2.48. The predicted octanol–water partition coefficient (Wildman–Crippen LogP) is 2.60. The number of amidine groups is 1. The van der Waals surface area contributed by atoms with Crippen LogP contribution in [0.5, 0.6) is 0 Å². The number of rotatable bonds is 6. The van der Waals surface area contributed by atoms with Gasteiger partial charge in [0.05, 0.1) is 5.92 Å². The number of alkyl halides is 2. The first-order valence-electron chi connectivity index (χ1n) is 6.33. The number of carbonyl (C=O) groups is 1. The molecule has 0 saturated heterocycles.